The standard InChI is InChI=1S/C20H22N2O6S2/c1-13-3-5-15(29-13)19(25)27-11-17(23)21-7-9-22(10-8-21)18(24)12-28-20(26)16-6-4-14(2)30-16/h3-6H,7-12H2,1-2H3. The zero-order valence-electron chi connectivity index (χ0n) is 16.7. The van der Waals surface area contributed by atoms with Crippen LogP contribution in [0.1, 0.15) is 29.1 Å². The summed E-state index contributed by atoms with van der Waals surface area (Å²) >= 11 is 2.63. The lowest BCUT2D eigenvalue weighted by Crippen LogP contribution is -2.52. The Kier molecular flexibility index (Phi) is 7.22. The number of aryl methyl sites for hydroxylation is 2. The molecule has 1 saturated heterocycles. The monoisotopic (exact) mass is 450 g/mol. The highest BCUT2D eigenvalue weighted by atomic mass is 32.1. The molecule has 1 aliphatic heterocycles. The number of nitrogens with zero attached hydrogens (tertiary/aromatic N) is 2. The van der Waals surface area contributed by atoms with E-state index in [2.05, 4.69) is 0 Å². The Hall–Kier alpha value is -2.72. The van der Waals surface area contributed by atoms with Gasteiger partial charge in [-0.25, -0.2) is 9.59 Å². The van der Waals surface area contributed by atoms with Crippen molar-refractivity contribution in [1.82, 2.24) is 9.80 Å². The van der Waals surface area contributed by atoms with Crippen LogP contribution in [0.2, 0.25) is 0 Å². The van der Waals surface area contributed by atoms with Gasteiger partial charge >= 0.3 is 11.9 Å². The van der Waals surface area contributed by atoms with Crippen molar-refractivity contribution in [3.63, 3.8) is 0 Å². The first kappa shape index (κ1) is 22.0. The van der Waals surface area contributed by atoms with Gasteiger partial charge in [0.15, 0.2) is 13.2 Å². The van der Waals surface area contributed by atoms with Crippen molar-refractivity contribution < 1.29 is 28.7 Å². The molecule has 10 heteroatoms. The fraction of sp³-hybridized carbons (Fsp3) is 0.400. The predicted molar refractivity (Wildman–Crippen MR) is 112 cm³/mol. The molecular weight excluding hydrogens is 428 g/mol. The summed E-state index contributed by atoms with van der Waals surface area (Å²) in [7, 11) is 0. The highest BCUT2D eigenvalue weighted by Crippen LogP contribution is 2.17. The lowest BCUT2D eigenvalue weighted by molar-refractivity contribution is -0.142. The van der Waals surface area contributed by atoms with Crippen molar-refractivity contribution in [2.24, 2.45) is 0 Å². The summed E-state index contributed by atoms with van der Waals surface area (Å²) < 4.78 is 10.2. The molecule has 2 aromatic rings. The lowest BCUT2D eigenvalue weighted by atomic mass is 10.3. The van der Waals surface area contributed by atoms with Gasteiger partial charge in [0.2, 0.25) is 0 Å². The largest absolute Gasteiger partial charge is 0.451 e. The molecule has 0 aromatic carbocycles. The molecule has 1 aliphatic rings. The molecular formula is C20H22N2O6S2. The Balaban J connectivity index is 1.38. The summed E-state index contributed by atoms with van der Waals surface area (Å²) in [6, 6.07) is 6.98. The smallest absolute Gasteiger partial charge is 0.348 e. The first-order valence-corrected chi connectivity index (χ1v) is 11.0. The summed E-state index contributed by atoms with van der Waals surface area (Å²) in [5.41, 5.74) is 0. The molecule has 0 N–H and O–H groups in total. The van der Waals surface area contributed by atoms with E-state index in [9.17, 15) is 19.2 Å². The second-order valence-corrected chi connectivity index (χ2v) is 9.31. The minimum atomic E-state index is -0.516. The van der Waals surface area contributed by atoms with Gasteiger partial charge in [0, 0.05) is 35.9 Å². The van der Waals surface area contributed by atoms with Gasteiger partial charge in [0.05, 0.1) is 0 Å². The van der Waals surface area contributed by atoms with Crippen molar-refractivity contribution in [2.75, 3.05) is 39.4 Å². The fourth-order valence-electron chi connectivity index (χ4n) is 2.87. The van der Waals surface area contributed by atoms with Crippen LogP contribution in [0.3, 0.4) is 0 Å². The number of esters is 2. The number of piperazine rings is 1. The van der Waals surface area contributed by atoms with Crippen molar-refractivity contribution in [3.05, 3.63) is 43.8 Å². The first-order chi connectivity index (χ1) is 14.3. The number of carbonyl (C=O) groups is 4. The van der Waals surface area contributed by atoms with E-state index in [1.54, 1.807) is 21.9 Å². The topological polar surface area (TPSA) is 93.2 Å². The van der Waals surface area contributed by atoms with Crippen LogP contribution in [0, 0.1) is 13.8 Å². The summed E-state index contributed by atoms with van der Waals surface area (Å²) in [4.78, 5) is 54.4. The zero-order chi connectivity index (χ0) is 21.7. The average molecular weight is 451 g/mol. The van der Waals surface area contributed by atoms with E-state index in [-0.39, 0.29) is 25.0 Å². The van der Waals surface area contributed by atoms with Gasteiger partial charge in [0.1, 0.15) is 9.75 Å². The Morgan fingerprint density at radius 2 is 1.10 bits per heavy atom. The summed E-state index contributed by atoms with van der Waals surface area (Å²) in [5, 5.41) is 0. The summed E-state index contributed by atoms with van der Waals surface area (Å²) in [6.07, 6.45) is 0. The SMILES string of the molecule is Cc1ccc(C(=O)OCC(=O)N2CCN(C(=O)COC(=O)c3ccc(C)s3)CC2)s1. The molecule has 0 saturated carbocycles. The van der Waals surface area contributed by atoms with Crippen LogP contribution in [0.15, 0.2) is 24.3 Å². The highest BCUT2D eigenvalue weighted by molar-refractivity contribution is 7.14. The van der Waals surface area contributed by atoms with Crippen LogP contribution in [0.4, 0.5) is 0 Å². The Labute approximate surface area is 182 Å². The zero-order valence-corrected chi connectivity index (χ0v) is 18.3. The molecule has 0 spiro atoms. The van der Waals surface area contributed by atoms with Gasteiger partial charge < -0.3 is 19.3 Å². The van der Waals surface area contributed by atoms with Crippen molar-refractivity contribution in [2.45, 2.75) is 13.8 Å². The maximum atomic E-state index is 12.3. The molecule has 1 fully saturated rings. The molecule has 0 aliphatic carbocycles. The van der Waals surface area contributed by atoms with E-state index in [1.165, 1.54) is 22.7 Å². The van der Waals surface area contributed by atoms with E-state index >= 15 is 0 Å². The molecule has 2 aromatic heterocycles. The maximum Gasteiger partial charge on any atom is 0.348 e. The van der Waals surface area contributed by atoms with E-state index < -0.39 is 11.9 Å². The molecule has 3 rings (SSSR count). The molecule has 8 nitrogen and oxygen atoms in total. The van der Waals surface area contributed by atoms with Crippen molar-refractivity contribution >= 4 is 46.4 Å². The average Bonchev–Trinajstić information content (AvgIpc) is 3.38. The molecule has 3 heterocycles. The third-order valence-corrected chi connectivity index (χ3v) is 6.48. The van der Waals surface area contributed by atoms with Gasteiger partial charge in [-0.05, 0) is 38.1 Å². The third-order valence-electron chi connectivity index (χ3n) is 4.52. The fourth-order valence-corrected chi connectivity index (χ4v) is 4.40. The number of thiophene rings is 2. The molecule has 30 heavy (non-hydrogen) atoms. The van der Waals surface area contributed by atoms with Crippen LogP contribution in [-0.2, 0) is 19.1 Å². The number of rotatable bonds is 6. The molecule has 0 radical (unpaired) electrons. The summed E-state index contributed by atoms with van der Waals surface area (Å²) in [5.74, 6) is -1.64. The number of amides is 2. The number of carbonyl (C=O) groups excluding carboxylic acids is 4. The maximum absolute atomic E-state index is 12.3. The number of ether oxygens (including phenoxy) is 2. The van der Waals surface area contributed by atoms with E-state index in [1.807, 2.05) is 26.0 Å². The van der Waals surface area contributed by atoms with E-state index in [0.717, 1.165) is 9.75 Å². The van der Waals surface area contributed by atoms with Crippen molar-refractivity contribution in [3.8, 4) is 0 Å². The van der Waals surface area contributed by atoms with Crippen LogP contribution >= 0.6 is 22.7 Å². The summed E-state index contributed by atoms with van der Waals surface area (Å²) in [6.45, 7) is 4.44. The van der Waals surface area contributed by atoms with Gasteiger partial charge in [-0.3, -0.25) is 9.59 Å². The second-order valence-electron chi connectivity index (χ2n) is 6.73. The van der Waals surface area contributed by atoms with Crippen molar-refractivity contribution in [1.29, 1.82) is 0 Å². The van der Waals surface area contributed by atoms with E-state index in [4.69, 9.17) is 9.47 Å². The number of hydrogen-bond acceptors (Lipinski definition) is 8. The minimum absolute atomic E-state index is 0.303. The van der Waals surface area contributed by atoms with E-state index in [0.29, 0.717) is 35.9 Å². The first-order valence-electron chi connectivity index (χ1n) is 9.36. The second kappa shape index (κ2) is 9.86. The Morgan fingerprint density at radius 3 is 1.40 bits per heavy atom. The quantitative estimate of drug-likeness (QED) is 0.626. The number of hydrogen-bond donors (Lipinski definition) is 0. The van der Waals surface area contributed by atoms with Crippen LogP contribution < -0.4 is 0 Å². The molecule has 0 atom stereocenters. The molecule has 160 valence electrons. The normalized spacial score (nSPS) is 13.8. The Bertz CT molecular complexity index is 867. The Morgan fingerprint density at radius 1 is 0.733 bits per heavy atom. The predicted octanol–water partition coefficient (Wildman–Crippen LogP) is 2.11. The lowest BCUT2D eigenvalue weighted by Gasteiger charge is -2.34. The van der Waals surface area contributed by atoms with Gasteiger partial charge in [-0.2, -0.15) is 0 Å². The molecule has 0 unspecified atom stereocenters. The van der Waals surface area contributed by atoms with Crippen LogP contribution in [0.25, 0.3) is 0 Å². The van der Waals surface area contributed by atoms with Gasteiger partial charge in [-0.15, -0.1) is 22.7 Å². The van der Waals surface area contributed by atoms with Crippen LogP contribution in [0.5, 0.6) is 0 Å². The molecule has 2 amide bonds. The minimum Gasteiger partial charge on any atom is -0.451 e. The third kappa shape index (κ3) is 5.67. The van der Waals surface area contributed by atoms with Gasteiger partial charge in [-0.1, -0.05) is 0 Å². The highest BCUT2D eigenvalue weighted by Gasteiger charge is 2.26. The molecule has 0 bridgehead atoms. The van der Waals surface area contributed by atoms with Crippen LogP contribution in [-0.4, -0.2) is 72.9 Å². The van der Waals surface area contributed by atoms with Gasteiger partial charge in [0.25, 0.3) is 11.8 Å².